The quantitative estimate of drug-likeness (QED) is 0.612. The van der Waals surface area contributed by atoms with Gasteiger partial charge in [0.2, 0.25) is 0 Å². The minimum Gasteiger partial charge on any atom is -0.378 e. The van der Waals surface area contributed by atoms with Crippen molar-refractivity contribution in [2.75, 3.05) is 25.0 Å². The summed E-state index contributed by atoms with van der Waals surface area (Å²) in [5.74, 6) is 0.409. The molecule has 1 saturated heterocycles. The summed E-state index contributed by atoms with van der Waals surface area (Å²) < 4.78 is 0. The van der Waals surface area contributed by atoms with Crippen molar-refractivity contribution in [3.8, 4) is 6.07 Å². The molecule has 7 heteroatoms. The second-order valence-corrected chi connectivity index (χ2v) is 6.30. The second-order valence-electron chi connectivity index (χ2n) is 6.30. The third kappa shape index (κ3) is 3.03. The summed E-state index contributed by atoms with van der Waals surface area (Å²) in [5, 5.41) is 26.4. The van der Waals surface area contributed by atoms with Crippen LogP contribution < -0.4 is 10.6 Å². The highest BCUT2D eigenvalue weighted by atomic mass is 16.6. The molecule has 0 radical (unpaired) electrons. The number of anilines is 1. The van der Waals surface area contributed by atoms with Crippen molar-refractivity contribution >= 4 is 17.2 Å². The molecular weight excluding hydrogens is 296 g/mol. The van der Waals surface area contributed by atoms with Crippen LogP contribution in [-0.4, -0.2) is 30.3 Å². The maximum Gasteiger partial charge on any atom is 0.292 e. The Bertz CT molecular complexity index is 685. The summed E-state index contributed by atoms with van der Waals surface area (Å²) in [5.41, 5.74) is 0.0654. The molecule has 23 heavy (non-hydrogen) atoms. The van der Waals surface area contributed by atoms with E-state index < -0.39 is 10.3 Å². The molecule has 1 aromatic rings. The number of nitrogens with zero attached hydrogens (tertiary/aromatic N) is 2. The number of nitro benzene ring substituents is 1. The number of nitro groups is 1. The Balaban J connectivity index is 1.82. The molecule has 0 unspecified atom stereocenters. The van der Waals surface area contributed by atoms with Crippen molar-refractivity contribution in [1.29, 1.82) is 5.26 Å². The number of ketones is 1. The molecule has 0 amide bonds. The van der Waals surface area contributed by atoms with Gasteiger partial charge in [0, 0.05) is 25.1 Å². The van der Waals surface area contributed by atoms with Crippen LogP contribution in [0.1, 0.15) is 24.8 Å². The first-order valence-electron chi connectivity index (χ1n) is 7.73. The molecule has 3 rings (SSSR count). The van der Waals surface area contributed by atoms with Crippen molar-refractivity contribution in [2.24, 2.45) is 11.3 Å². The van der Waals surface area contributed by atoms with Crippen LogP contribution in [0.2, 0.25) is 0 Å². The number of nitrogens with one attached hydrogen (secondary N) is 2. The maximum atomic E-state index is 12.6. The van der Waals surface area contributed by atoms with Crippen LogP contribution in [0.25, 0.3) is 0 Å². The lowest BCUT2D eigenvalue weighted by Gasteiger charge is -2.27. The highest BCUT2D eigenvalue weighted by molar-refractivity contribution is 5.90. The fourth-order valence-corrected chi connectivity index (χ4v) is 3.14. The minimum absolute atomic E-state index is 0.0797. The third-order valence-electron chi connectivity index (χ3n) is 4.65. The van der Waals surface area contributed by atoms with Gasteiger partial charge in [-0.1, -0.05) is 0 Å². The first-order valence-corrected chi connectivity index (χ1v) is 7.73. The molecule has 1 aliphatic carbocycles. The molecule has 1 aliphatic heterocycles. The smallest absolute Gasteiger partial charge is 0.292 e. The van der Waals surface area contributed by atoms with Gasteiger partial charge in [0.05, 0.1) is 22.0 Å². The van der Waals surface area contributed by atoms with Gasteiger partial charge in [0.1, 0.15) is 11.5 Å². The summed E-state index contributed by atoms with van der Waals surface area (Å²) >= 11 is 0. The van der Waals surface area contributed by atoms with Crippen molar-refractivity contribution in [1.82, 2.24) is 5.32 Å². The molecule has 2 fully saturated rings. The standard InChI is InChI=1S/C16H18N4O3/c17-8-11-1-4-14(20(22)23)13(7-11)19-10-16(5-6-18-9-16)15(21)12-2-3-12/h1,4,7,12,18-19H,2-3,5-6,9-10H2/t16-/m0/s1. The second kappa shape index (κ2) is 5.97. The van der Waals surface area contributed by atoms with Gasteiger partial charge in [-0.05, 0) is 37.9 Å². The Morgan fingerprint density at radius 3 is 2.87 bits per heavy atom. The number of nitriles is 1. The normalized spacial score (nSPS) is 23.3. The molecule has 2 N–H and O–H groups in total. The van der Waals surface area contributed by atoms with E-state index >= 15 is 0 Å². The zero-order valence-electron chi connectivity index (χ0n) is 12.7. The lowest BCUT2D eigenvalue weighted by Crippen LogP contribution is -2.41. The summed E-state index contributed by atoms with van der Waals surface area (Å²) in [4.78, 5) is 23.3. The van der Waals surface area contributed by atoms with E-state index in [2.05, 4.69) is 10.6 Å². The van der Waals surface area contributed by atoms with Crippen molar-refractivity contribution in [3.05, 3.63) is 33.9 Å². The summed E-state index contributed by atoms with van der Waals surface area (Å²) in [6, 6.07) is 6.19. The zero-order valence-corrected chi connectivity index (χ0v) is 12.7. The Morgan fingerprint density at radius 2 is 2.30 bits per heavy atom. The van der Waals surface area contributed by atoms with Gasteiger partial charge in [-0.25, -0.2) is 0 Å². The molecule has 0 bridgehead atoms. The number of hydrogen-bond acceptors (Lipinski definition) is 6. The number of rotatable bonds is 6. The van der Waals surface area contributed by atoms with Crippen LogP contribution in [0.3, 0.4) is 0 Å². The Kier molecular flexibility index (Phi) is 4.01. The van der Waals surface area contributed by atoms with Gasteiger partial charge in [0.25, 0.3) is 5.69 Å². The van der Waals surface area contributed by atoms with Gasteiger partial charge in [0.15, 0.2) is 0 Å². The van der Waals surface area contributed by atoms with E-state index in [1.165, 1.54) is 18.2 Å². The van der Waals surface area contributed by atoms with Crippen molar-refractivity contribution in [2.45, 2.75) is 19.3 Å². The van der Waals surface area contributed by atoms with Crippen LogP contribution in [0.4, 0.5) is 11.4 Å². The van der Waals surface area contributed by atoms with Gasteiger partial charge in [-0.2, -0.15) is 5.26 Å². The largest absolute Gasteiger partial charge is 0.378 e. The van der Waals surface area contributed by atoms with Gasteiger partial charge in [-0.3, -0.25) is 14.9 Å². The van der Waals surface area contributed by atoms with Crippen LogP contribution in [-0.2, 0) is 4.79 Å². The maximum absolute atomic E-state index is 12.6. The number of carbonyl (C=O) groups is 1. The number of hydrogen-bond donors (Lipinski definition) is 2. The average molecular weight is 314 g/mol. The molecule has 0 spiro atoms. The zero-order chi connectivity index (χ0) is 16.4. The van der Waals surface area contributed by atoms with E-state index in [0.29, 0.717) is 24.3 Å². The van der Waals surface area contributed by atoms with E-state index in [-0.39, 0.29) is 17.4 Å². The summed E-state index contributed by atoms with van der Waals surface area (Å²) in [6.07, 6.45) is 2.64. The summed E-state index contributed by atoms with van der Waals surface area (Å²) in [6.45, 7) is 1.73. The van der Waals surface area contributed by atoms with Gasteiger partial charge < -0.3 is 10.6 Å². The Hall–Kier alpha value is -2.46. The topological polar surface area (TPSA) is 108 Å². The molecule has 1 saturated carbocycles. The molecule has 1 aromatic carbocycles. The van der Waals surface area contributed by atoms with Gasteiger partial charge >= 0.3 is 0 Å². The van der Waals surface area contributed by atoms with Crippen LogP contribution in [0.5, 0.6) is 0 Å². The van der Waals surface area contributed by atoms with Crippen LogP contribution in [0, 0.1) is 32.8 Å². The SMILES string of the molecule is N#Cc1ccc([N+](=O)[O-])c(NC[C@]2(C(=O)C3CC3)CCNC2)c1. The predicted molar refractivity (Wildman–Crippen MR) is 84.0 cm³/mol. The van der Waals surface area contributed by atoms with E-state index in [1.807, 2.05) is 6.07 Å². The lowest BCUT2D eigenvalue weighted by molar-refractivity contribution is -0.384. The van der Waals surface area contributed by atoms with Gasteiger partial charge in [-0.15, -0.1) is 0 Å². The predicted octanol–water partition coefficient (Wildman–Crippen LogP) is 1.84. The van der Waals surface area contributed by atoms with E-state index in [9.17, 15) is 14.9 Å². The highest BCUT2D eigenvalue weighted by Crippen LogP contribution is 2.40. The first kappa shape index (κ1) is 15.4. The van der Waals surface area contributed by atoms with E-state index in [1.54, 1.807) is 0 Å². The molecule has 1 heterocycles. The molecule has 7 nitrogen and oxygen atoms in total. The molecule has 2 aliphatic rings. The number of carbonyl (C=O) groups excluding carboxylic acids is 1. The average Bonchev–Trinajstić information content (AvgIpc) is 3.30. The fourth-order valence-electron chi connectivity index (χ4n) is 3.14. The number of Topliss-reactive ketones (excluding diaryl/α,β-unsaturated/α-hetero) is 1. The van der Waals surface area contributed by atoms with Crippen LogP contribution in [0.15, 0.2) is 18.2 Å². The lowest BCUT2D eigenvalue weighted by atomic mass is 9.80. The molecular formula is C16H18N4O3. The molecule has 1 atom stereocenters. The molecule has 0 aromatic heterocycles. The number of benzene rings is 1. The van der Waals surface area contributed by atoms with E-state index in [4.69, 9.17) is 5.26 Å². The summed E-state index contributed by atoms with van der Waals surface area (Å²) in [7, 11) is 0. The minimum atomic E-state index is -0.502. The van der Waals surface area contributed by atoms with E-state index in [0.717, 1.165) is 25.8 Å². The Morgan fingerprint density at radius 1 is 1.52 bits per heavy atom. The molecule has 120 valence electrons. The van der Waals surface area contributed by atoms with Crippen molar-refractivity contribution < 1.29 is 9.72 Å². The Labute approximate surface area is 133 Å². The highest BCUT2D eigenvalue weighted by Gasteiger charge is 2.47. The fraction of sp³-hybridized carbons (Fsp3) is 0.500. The van der Waals surface area contributed by atoms with Crippen molar-refractivity contribution in [3.63, 3.8) is 0 Å². The first-order chi connectivity index (χ1) is 11.1. The van der Waals surface area contributed by atoms with Crippen LogP contribution >= 0.6 is 0 Å². The monoisotopic (exact) mass is 314 g/mol. The third-order valence-corrected chi connectivity index (χ3v) is 4.65.